The third kappa shape index (κ3) is 4.37. The molecule has 4 rings (SSSR count). The molecule has 0 bridgehead atoms. The van der Waals surface area contributed by atoms with E-state index in [4.69, 9.17) is 5.73 Å². The van der Waals surface area contributed by atoms with Gasteiger partial charge in [0.1, 0.15) is 5.82 Å². The van der Waals surface area contributed by atoms with Gasteiger partial charge in [-0.3, -0.25) is 5.32 Å². The number of aromatic nitrogens is 2. The summed E-state index contributed by atoms with van der Waals surface area (Å²) in [4.78, 5) is 13.6. The zero-order chi connectivity index (χ0) is 21.6. The van der Waals surface area contributed by atoms with Crippen LogP contribution in [0.4, 0.5) is 17.6 Å². The highest BCUT2D eigenvalue weighted by Crippen LogP contribution is 2.46. The second-order valence-electron chi connectivity index (χ2n) is 8.36. The molecule has 1 aromatic heterocycles. The Morgan fingerprint density at radius 1 is 1.03 bits per heavy atom. The summed E-state index contributed by atoms with van der Waals surface area (Å²) in [5, 5.41) is 6.63. The summed E-state index contributed by atoms with van der Waals surface area (Å²) in [6.07, 6.45) is 0.0798. The first-order valence-corrected chi connectivity index (χ1v) is 10.9. The van der Waals surface area contributed by atoms with E-state index in [0.717, 1.165) is 11.5 Å². The highest BCUT2D eigenvalue weighted by atomic mass is 32.1. The molecule has 2 fully saturated rings. The van der Waals surface area contributed by atoms with E-state index in [1.54, 1.807) is 6.92 Å². The van der Waals surface area contributed by atoms with E-state index in [1.807, 2.05) is 0 Å². The Bertz CT molecular complexity index is 835. The van der Waals surface area contributed by atoms with E-state index in [1.165, 1.54) is 0 Å². The van der Waals surface area contributed by atoms with Gasteiger partial charge in [-0.15, -0.1) is 0 Å². The van der Waals surface area contributed by atoms with Crippen molar-refractivity contribution in [1.29, 1.82) is 0 Å². The summed E-state index contributed by atoms with van der Waals surface area (Å²) in [6, 6.07) is -0.282. The van der Waals surface area contributed by atoms with Crippen LogP contribution < -0.4 is 16.4 Å². The molecule has 1 atom stereocenters. The maximum atomic E-state index is 13.8. The van der Waals surface area contributed by atoms with Gasteiger partial charge in [-0.1, -0.05) is 0 Å². The molecule has 3 aliphatic rings. The van der Waals surface area contributed by atoms with Crippen LogP contribution in [0.3, 0.4) is 0 Å². The molecule has 0 amide bonds. The summed E-state index contributed by atoms with van der Waals surface area (Å²) in [5.41, 5.74) is 4.90. The van der Waals surface area contributed by atoms with E-state index in [2.05, 4.69) is 30.0 Å². The van der Waals surface area contributed by atoms with E-state index < -0.39 is 17.5 Å². The Labute approximate surface area is 175 Å². The van der Waals surface area contributed by atoms with Crippen LogP contribution in [0.25, 0.3) is 0 Å². The Hall–Kier alpha value is -1.98. The summed E-state index contributed by atoms with van der Waals surface area (Å²) < 4.78 is 58.8. The first kappa shape index (κ1) is 21.3. The van der Waals surface area contributed by atoms with E-state index in [-0.39, 0.29) is 69.3 Å². The van der Waals surface area contributed by atoms with Crippen LogP contribution in [0.2, 0.25) is 0 Å². The normalized spacial score (nSPS) is 31.1. The molecule has 12 heteroatoms. The molecular formula is C18H25F4N7S. The van der Waals surface area contributed by atoms with Gasteiger partial charge in [0.2, 0.25) is 17.8 Å². The largest absolute Gasteiger partial charge is 0.370 e. The van der Waals surface area contributed by atoms with E-state index >= 15 is 0 Å². The lowest BCUT2D eigenvalue weighted by Crippen LogP contribution is -2.62. The minimum Gasteiger partial charge on any atom is -0.370 e. The van der Waals surface area contributed by atoms with Crippen LogP contribution in [0.1, 0.15) is 62.2 Å². The van der Waals surface area contributed by atoms with Gasteiger partial charge in [0, 0.05) is 31.6 Å². The molecule has 2 aliphatic carbocycles. The minimum absolute atomic E-state index is 0.0822. The summed E-state index contributed by atoms with van der Waals surface area (Å²) in [5.74, 6) is -4.68. The average molecular weight is 448 g/mol. The second kappa shape index (κ2) is 7.61. The Balaban J connectivity index is 1.64. The topological polar surface area (TPSA) is 101 Å². The summed E-state index contributed by atoms with van der Waals surface area (Å²) in [7, 11) is 0. The molecule has 2 heterocycles. The van der Waals surface area contributed by atoms with Crippen molar-refractivity contribution in [3.8, 4) is 0 Å². The van der Waals surface area contributed by atoms with Crippen molar-refractivity contribution in [1.82, 2.24) is 20.0 Å². The number of alkyl halides is 4. The van der Waals surface area contributed by atoms with Crippen molar-refractivity contribution in [2.24, 2.45) is 21.6 Å². The number of guanidine groups is 2. The number of aliphatic imine (C=N–C) groups is 2. The zero-order valence-electron chi connectivity index (χ0n) is 16.6. The van der Waals surface area contributed by atoms with Crippen molar-refractivity contribution in [2.75, 3.05) is 0 Å². The van der Waals surface area contributed by atoms with Crippen molar-refractivity contribution in [3.63, 3.8) is 0 Å². The number of hydrogen-bond donors (Lipinski definition) is 3. The number of nitrogens with one attached hydrogen (secondary N) is 2. The summed E-state index contributed by atoms with van der Waals surface area (Å²) in [6.45, 7) is 1.74. The van der Waals surface area contributed by atoms with Gasteiger partial charge in [0.05, 0.1) is 6.04 Å². The van der Waals surface area contributed by atoms with Gasteiger partial charge >= 0.3 is 0 Å². The maximum absolute atomic E-state index is 13.8. The fourth-order valence-electron chi connectivity index (χ4n) is 4.36. The SMILES string of the molecule is Cc1nsc(C2(C3CCC(F)(F)CC3)N=C(N)NC(=NC3CCC(F)(F)CC3)N2)n1. The highest BCUT2D eigenvalue weighted by molar-refractivity contribution is 7.05. The molecule has 0 aromatic carbocycles. The third-order valence-corrected chi connectivity index (χ3v) is 6.94. The Morgan fingerprint density at radius 3 is 2.20 bits per heavy atom. The van der Waals surface area contributed by atoms with Crippen LogP contribution in [-0.4, -0.2) is 39.2 Å². The Morgan fingerprint density at radius 2 is 1.63 bits per heavy atom. The molecular weight excluding hydrogens is 422 g/mol. The number of nitrogens with two attached hydrogens (primary N) is 1. The number of hydrogen-bond acceptors (Lipinski definition) is 6. The Kier molecular flexibility index (Phi) is 5.39. The molecule has 1 unspecified atom stereocenters. The van der Waals surface area contributed by atoms with Crippen LogP contribution in [0, 0.1) is 12.8 Å². The molecule has 0 saturated heterocycles. The van der Waals surface area contributed by atoms with Gasteiger partial charge < -0.3 is 11.1 Å². The van der Waals surface area contributed by atoms with Crippen molar-refractivity contribution in [3.05, 3.63) is 10.8 Å². The van der Waals surface area contributed by atoms with Crippen molar-refractivity contribution >= 4 is 23.5 Å². The molecule has 4 N–H and O–H groups in total. The lowest BCUT2D eigenvalue weighted by atomic mass is 9.78. The standard InChI is InChI=1S/C18H25F4N7S/c1-10-24-13(30-29-10)18(11-2-6-16(19,20)7-3-11)27-14(23)26-15(28-18)25-12-4-8-17(21,22)9-5-12/h11-12H,2-9H2,1H3,(H4,23,25,26,27,28). The van der Waals surface area contributed by atoms with E-state index in [0.29, 0.717) is 16.8 Å². The molecule has 30 heavy (non-hydrogen) atoms. The fraction of sp³-hybridized carbons (Fsp3) is 0.778. The van der Waals surface area contributed by atoms with Crippen LogP contribution in [0.15, 0.2) is 9.98 Å². The van der Waals surface area contributed by atoms with Gasteiger partial charge in [-0.2, -0.15) is 4.37 Å². The molecule has 1 aliphatic heterocycles. The molecule has 7 nitrogen and oxygen atoms in total. The van der Waals surface area contributed by atoms with Crippen molar-refractivity contribution < 1.29 is 17.6 Å². The van der Waals surface area contributed by atoms with Crippen molar-refractivity contribution in [2.45, 2.75) is 81.8 Å². The molecule has 0 spiro atoms. The van der Waals surface area contributed by atoms with Gasteiger partial charge in [0.25, 0.3) is 0 Å². The minimum atomic E-state index is -2.69. The van der Waals surface area contributed by atoms with E-state index in [9.17, 15) is 17.6 Å². The third-order valence-electron chi connectivity index (χ3n) is 6.01. The first-order valence-electron chi connectivity index (χ1n) is 10.1. The molecule has 0 radical (unpaired) electrons. The van der Waals surface area contributed by atoms with Gasteiger partial charge in [-0.25, -0.2) is 32.5 Å². The van der Waals surface area contributed by atoms with Gasteiger partial charge in [0.15, 0.2) is 16.6 Å². The predicted molar refractivity (Wildman–Crippen MR) is 106 cm³/mol. The lowest BCUT2D eigenvalue weighted by Gasteiger charge is -2.43. The molecule has 166 valence electrons. The average Bonchev–Trinajstić information content (AvgIpc) is 3.10. The molecule has 1 aromatic rings. The number of halogens is 4. The lowest BCUT2D eigenvalue weighted by molar-refractivity contribution is -0.0565. The molecule has 2 saturated carbocycles. The summed E-state index contributed by atoms with van der Waals surface area (Å²) >= 11 is 1.14. The number of nitrogens with zero attached hydrogens (tertiary/aromatic N) is 4. The monoisotopic (exact) mass is 447 g/mol. The predicted octanol–water partition coefficient (Wildman–Crippen LogP) is 3.27. The maximum Gasteiger partial charge on any atom is 0.248 e. The van der Waals surface area contributed by atoms with Crippen LogP contribution in [0.5, 0.6) is 0 Å². The first-order chi connectivity index (χ1) is 14.1. The zero-order valence-corrected chi connectivity index (χ0v) is 17.4. The fourth-order valence-corrected chi connectivity index (χ4v) is 5.19. The quantitative estimate of drug-likeness (QED) is 0.618. The van der Waals surface area contributed by atoms with Crippen LogP contribution >= 0.6 is 11.5 Å². The number of aryl methyl sites for hydroxylation is 1. The van der Waals surface area contributed by atoms with Crippen LogP contribution in [-0.2, 0) is 5.66 Å². The smallest absolute Gasteiger partial charge is 0.248 e. The second-order valence-corrected chi connectivity index (χ2v) is 9.11. The van der Waals surface area contributed by atoms with Gasteiger partial charge in [-0.05, 0) is 44.1 Å². The highest BCUT2D eigenvalue weighted by Gasteiger charge is 2.50. The number of rotatable bonds is 3.